The first kappa shape index (κ1) is 14.9. The van der Waals surface area contributed by atoms with Gasteiger partial charge in [0.1, 0.15) is 6.04 Å². The number of halogens is 2. The van der Waals surface area contributed by atoms with Crippen LogP contribution in [0.2, 0.25) is 5.02 Å². The molecule has 3 N–H and O–H groups in total. The standard InChI is InChI=1S/C11H11BrClNO4/c12-6-1-2-7(8(13)5-6)10(16)14-9(3-4-15)11(17)18/h1-2,5,9,15H,3-4H2,(H,14,16)(H,17,18). The Kier molecular flexibility index (Phi) is 5.58. The Morgan fingerprint density at radius 3 is 2.61 bits per heavy atom. The van der Waals surface area contributed by atoms with E-state index < -0.39 is 17.9 Å². The molecule has 1 unspecified atom stereocenters. The molecule has 98 valence electrons. The van der Waals surface area contributed by atoms with E-state index in [0.717, 1.165) is 0 Å². The number of rotatable bonds is 5. The number of carboxylic acid groups (broad SMARTS) is 1. The summed E-state index contributed by atoms with van der Waals surface area (Å²) >= 11 is 9.08. The van der Waals surface area contributed by atoms with Gasteiger partial charge in [0, 0.05) is 17.5 Å². The van der Waals surface area contributed by atoms with Gasteiger partial charge in [-0.15, -0.1) is 0 Å². The van der Waals surface area contributed by atoms with Gasteiger partial charge in [-0.1, -0.05) is 27.5 Å². The quantitative estimate of drug-likeness (QED) is 0.763. The van der Waals surface area contributed by atoms with Crippen LogP contribution in [0.15, 0.2) is 22.7 Å². The highest BCUT2D eigenvalue weighted by atomic mass is 79.9. The van der Waals surface area contributed by atoms with Crippen molar-refractivity contribution in [3.63, 3.8) is 0 Å². The summed E-state index contributed by atoms with van der Waals surface area (Å²) in [6, 6.07) is 3.52. The molecule has 0 fully saturated rings. The second kappa shape index (κ2) is 6.72. The van der Waals surface area contributed by atoms with E-state index in [9.17, 15) is 9.59 Å². The van der Waals surface area contributed by atoms with Gasteiger partial charge in [-0.05, 0) is 18.2 Å². The molecule has 0 radical (unpaired) electrons. The number of amides is 1. The molecule has 0 aliphatic rings. The fourth-order valence-corrected chi connectivity index (χ4v) is 2.06. The topological polar surface area (TPSA) is 86.6 Å². The molecule has 18 heavy (non-hydrogen) atoms. The predicted molar refractivity (Wildman–Crippen MR) is 69.7 cm³/mol. The summed E-state index contributed by atoms with van der Waals surface area (Å²) in [5.74, 6) is -1.79. The van der Waals surface area contributed by atoms with Gasteiger partial charge in [-0.25, -0.2) is 4.79 Å². The fourth-order valence-electron chi connectivity index (χ4n) is 1.30. The molecule has 1 aromatic carbocycles. The zero-order chi connectivity index (χ0) is 13.7. The van der Waals surface area contributed by atoms with Crippen molar-refractivity contribution in [3.8, 4) is 0 Å². The zero-order valence-electron chi connectivity index (χ0n) is 9.19. The predicted octanol–water partition coefficient (Wildman–Crippen LogP) is 1.67. The first-order valence-corrected chi connectivity index (χ1v) is 6.22. The molecular formula is C11H11BrClNO4. The molecule has 1 atom stereocenters. The molecule has 1 aromatic rings. The molecule has 0 spiro atoms. The van der Waals surface area contributed by atoms with Crippen LogP contribution in [0.4, 0.5) is 0 Å². The van der Waals surface area contributed by atoms with Crippen LogP contribution in [0.5, 0.6) is 0 Å². The summed E-state index contributed by atoms with van der Waals surface area (Å²) in [5.41, 5.74) is 0.184. The molecule has 0 aliphatic heterocycles. The number of carbonyl (C=O) groups excluding carboxylic acids is 1. The Morgan fingerprint density at radius 1 is 1.44 bits per heavy atom. The molecule has 0 aliphatic carbocycles. The molecule has 0 bridgehead atoms. The molecule has 5 nitrogen and oxygen atoms in total. The Morgan fingerprint density at radius 2 is 2.11 bits per heavy atom. The van der Waals surface area contributed by atoms with Gasteiger partial charge in [0.2, 0.25) is 0 Å². The average molecular weight is 337 g/mol. The van der Waals surface area contributed by atoms with E-state index in [1.54, 1.807) is 6.07 Å². The molecular weight excluding hydrogens is 325 g/mol. The lowest BCUT2D eigenvalue weighted by molar-refractivity contribution is -0.139. The maximum atomic E-state index is 11.8. The molecule has 0 aromatic heterocycles. The molecule has 0 saturated heterocycles. The van der Waals surface area contributed by atoms with Gasteiger partial charge in [-0.3, -0.25) is 4.79 Å². The average Bonchev–Trinajstić information content (AvgIpc) is 2.27. The number of hydrogen-bond donors (Lipinski definition) is 3. The highest BCUT2D eigenvalue weighted by molar-refractivity contribution is 9.10. The van der Waals surface area contributed by atoms with Crippen molar-refractivity contribution in [2.24, 2.45) is 0 Å². The smallest absolute Gasteiger partial charge is 0.326 e. The van der Waals surface area contributed by atoms with Gasteiger partial charge in [0.15, 0.2) is 0 Å². The van der Waals surface area contributed by atoms with Crippen molar-refractivity contribution in [1.29, 1.82) is 0 Å². The highest BCUT2D eigenvalue weighted by Gasteiger charge is 2.21. The van der Waals surface area contributed by atoms with Crippen molar-refractivity contribution in [3.05, 3.63) is 33.3 Å². The minimum Gasteiger partial charge on any atom is -0.480 e. The molecule has 0 heterocycles. The SMILES string of the molecule is O=C(NC(CCO)C(=O)O)c1ccc(Br)cc1Cl. The monoisotopic (exact) mass is 335 g/mol. The van der Waals surface area contributed by atoms with Gasteiger partial charge >= 0.3 is 5.97 Å². The van der Waals surface area contributed by atoms with E-state index in [4.69, 9.17) is 21.8 Å². The van der Waals surface area contributed by atoms with Crippen LogP contribution < -0.4 is 5.32 Å². The lowest BCUT2D eigenvalue weighted by atomic mass is 10.1. The summed E-state index contributed by atoms with van der Waals surface area (Å²) in [7, 11) is 0. The molecule has 1 rings (SSSR count). The van der Waals surface area contributed by atoms with Crippen molar-refractivity contribution in [2.75, 3.05) is 6.61 Å². The lowest BCUT2D eigenvalue weighted by Crippen LogP contribution is -2.41. The van der Waals surface area contributed by atoms with E-state index >= 15 is 0 Å². The number of aliphatic hydroxyl groups is 1. The number of aliphatic hydroxyl groups excluding tert-OH is 1. The van der Waals surface area contributed by atoms with Crippen LogP contribution in [0, 0.1) is 0 Å². The molecule has 0 saturated carbocycles. The van der Waals surface area contributed by atoms with E-state index in [0.29, 0.717) is 4.47 Å². The second-order valence-corrected chi connectivity index (χ2v) is 4.82. The maximum absolute atomic E-state index is 11.8. The van der Waals surface area contributed by atoms with Crippen LogP contribution in [-0.4, -0.2) is 34.7 Å². The Labute approximate surface area is 117 Å². The Hall–Kier alpha value is -1.11. The van der Waals surface area contributed by atoms with Crippen LogP contribution in [-0.2, 0) is 4.79 Å². The third kappa shape index (κ3) is 3.97. The van der Waals surface area contributed by atoms with Crippen molar-refractivity contribution >= 4 is 39.4 Å². The highest BCUT2D eigenvalue weighted by Crippen LogP contribution is 2.21. The number of aliphatic carboxylic acids is 1. The summed E-state index contributed by atoms with van der Waals surface area (Å²) in [4.78, 5) is 22.6. The summed E-state index contributed by atoms with van der Waals surface area (Å²) < 4.78 is 0.717. The van der Waals surface area contributed by atoms with Gasteiger partial charge < -0.3 is 15.5 Å². The fraction of sp³-hybridized carbons (Fsp3) is 0.273. The third-order valence-electron chi connectivity index (χ3n) is 2.20. The zero-order valence-corrected chi connectivity index (χ0v) is 11.5. The number of benzene rings is 1. The van der Waals surface area contributed by atoms with Gasteiger partial charge in [0.25, 0.3) is 5.91 Å². The summed E-state index contributed by atoms with van der Waals surface area (Å²) in [6.45, 7) is -0.328. The number of carboxylic acids is 1. The Balaban J connectivity index is 2.83. The first-order valence-electron chi connectivity index (χ1n) is 5.05. The minimum atomic E-state index is -1.20. The number of carbonyl (C=O) groups is 2. The second-order valence-electron chi connectivity index (χ2n) is 3.50. The maximum Gasteiger partial charge on any atom is 0.326 e. The number of hydrogen-bond acceptors (Lipinski definition) is 3. The molecule has 7 heteroatoms. The van der Waals surface area contributed by atoms with Gasteiger partial charge in [-0.2, -0.15) is 0 Å². The molecule has 1 amide bonds. The largest absolute Gasteiger partial charge is 0.480 e. The van der Waals surface area contributed by atoms with E-state index in [-0.39, 0.29) is 23.6 Å². The first-order chi connectivity index (χ1) is 8.45. The normalized spacial score (nSPS) is 11.9. The van der Waals surface area contributed by atoms with Crippen molar-refractivity contribution in [2.45, 2.75) is 12.5 Å². The van der Waals surface area contributed by atoms with Crippen LogP contribution >= 0.6 is 27.5 Å². The van der Waals surface area contributed by atoms with Gasteiger partial charge in [0.05, 0.1) is 10.6 Å². The van der Waals surface area contributed by atoms with Crippen LogP contribution in [0.1, 0.15) is 16.8 Å². The Bertz CT molecular complexity index is 466. The van der Waals surface area contributed by atoms with E-state index in [2.05, 4.69) is 21.2 Å². The van der Waals surface area contributed by atoms with E-state index in [1.807, 2.05) is 0 Å². The van der Waals surface area contributed by atoms with Crippen molar-refractivity contribution in [1.82, 2.24) is 5.32 Å². The summed E-state index contributed by atoms with van der Waals surface area (Å²) in [5, 5.41) is 20.1. The van der Waals surface area contributed by atoms with Crippen LogP contribution in [0.25, 0.3) is 0 Å². The van der Waals surface area contributed by atoms with E-state index in [1.165, 1.54) is 12.1 Å². The lowest BCUT2D eigenvalue weighted by Gasteiger charge is -2.13. The van der Waals surface area contributed by atoms with Crippen molar-refractivity contribution < 1.29 is 19.8 Å². The third-order valence-corrected chi connectivity index (χ3v) is 3.00. The van der Waals surface area contributed by atoms with Crippen LogP contribution in [0.3, 0.4) is 0 Å². The minimum absolute atomic E-state index is 0.0603. The summed E-state index contributed by atoms with van der Waals surface area (Å²) in [6.07, 6.45) is -0.0603. The number of nitrogens with one attached hydrogen (secondary N) is 1.